The standard InChI is InChI=1S/C18H20N6O2/c1-24(18(25)26-2)13-7-5-12(6-8-13)21-17-22-15-14(9-10-19-15)16(23-17)20-11-3-4-11/h5-11H,3-4H2,1-2H3,(H3,19,20,21,22,23). The number of aromatic nitrogens is 3. The average molecular weight is 352 g/mol. The first-order chi connectivity index (χ1) is 12.6. The van der Waals surface area contributed by atoms with E-state index in [9.17, 15) is 4.79 Å². The van der Waals surface area contributed by atoms with Crippen LogP contribution in [0, 0.1) is 0 Å². The van der Waals surface area contributed by atoms with Gasteiger partial charge in [0.15, 0.2) is 0 Å². The fraction of sp³-hybridized carbons (Fsp3) is 0.278. The molecule has 2 aromatic heterocycles. The third-order valence-corrected chi connectivity index (χ3v) is 4.29. The second kappa shape index (κ2) is 6.55. The Morgan fingerprint density at radius 2 is 2.00 bits per heavy atom. The molecule has 134 valence electrons. The van der Waals surface area contributed by atoms with Crippen LogP contribution in [0.15, 0.2) is 36.5 Å². The molecule has 0 bridgehead atoms. The summed E-state index contributed by atoms with van der Waals surface area (Å²) < 4.78 is 4.72. The van der Waals surface area contributed by atoms with Crippen LogP contribution in [0.5, 0.6) is 0 Å². The number of carbonyl (C=O) groups is 1. The molecular weight excluding hydrogens is 332 g/mol. The van der Waals surface area contributed by atoms with Gasteiger partial charge in [-0.05, 0) is 43.2 Å². The predicted molar refractivity (Wildman–Crippen MR) is 101 cm³/mol. The van der Waals surface area contributed by atoms with Gasteiger partial charge in [-0.2, -0.15) is 9.97 Å². The molecule has 0 atom stereocenters. The Labute approximate surface area is 150 Å². The van der Waals surface area contributed by atoms with Crippen molar-refractivity contribution in [3.8, 4) is 0 Å². The van der Waals surface area contributed by atoms with Crippen molar-refractivity contribution < 1.29 is 9.53 Å². The zero-order valence-corrected chi connectivity index (χ0v) is 14.6. The van der Waals surface area contributed by atoms with Crippen molar-refractivity contribution in [3.05, 3.63) is 36.5 Å². The smallest absolute Gasteiger partial charge is 0.413 e. The summed E-state index contributed by atoms with van der Waals surface area (Å²) in [6, 6.07) is 9.87. The second-order valence-corrected chi connectivity index (χ2v) is 6.26. The van der Waals surface area contributed by atoms with Gasteiger partial charge in [-0.25, -0.2) is 4.79 Å². The van der Waals surface area contributed by atoms with Crippen molar-refractivity contribution in [1.82, 2.24) is 15.0 Å². The fourth-order valence-corrected chi connectivity index (χ4v) is 2.67. The second-order valence-electron chi connectivity index (χ2n) is 6.26. The van der Waals surface area contributed by atoms with E-state index in [0.29, 0.717) is 12.0 Å². The highest BCUT2D eigenvalue weighted by Gasteiger charge is 2.23. The third-order valence-electron chi connectivity index (χ3n) is 4.29. The average Bonchev–Trinajstić information content (AvgIpc) is 3.34. The highest BCUT2D eigenvalue weighted by atomic mass is 16.5. The summed E-state index contributed by atoms with van der Waals surface area (Å²) >= 11 is 0. The maximum absolute atomic E-state index is 11.6. The van der Waals surface area contributed by atoms with Crippen LogP contribution < -0.4 is 15.5 Å². The fourth-order valence-electron chi connectivity index (χ4n) is 2.67. The van der Waals surface area contributed by atoms with Crippen LogP contribution in [0.3, 0.4) is 0 Å². The van der Waals surface area contributed by atoms with Crippen LogP contribution in [0.2, 0.25) is 0 Å². The van der Waals surface area contributed by atoms with Gasteiger partial charge in [0.25, 0.3) is 0 Å². The number of anilines is 4. The summed E-state index contributed by atoms with van der Waals surface area (Å²) in [6.07, 6.45) is 3.79. The molecule has 0 spiro atoms. The van der Waals surface area contributed by atoms with Gasteiger partial charge in [0, 0.05) is 30.7 Å². The topological polar surface area (TPSA) is 95.2 Å². The number of methoxy groups -OCH3 is 1. The molecule has 0 saturated heterocycles. The van der Waals surface area contributed by atoms with E-state index in [4.69, 9.17) is 4.74 Å². The highest BCUT2D eigenvalue weighted by Crippen LogP contribution is 2.29. The Balaban J connectivity index is 1.55. The Kier molecular flexibility index (Phi) is 4.08. The largest absolute Gasteiger partial charge is 0.452 e. The first kappa shape index (κ1) is 16.2. The summed E-state index contributed by atoms with van der Waals surface area (Å²) in [5.41, 5.74) is 2.35. The molecule has 0 radical (unpaired) electrons. The van der Waals surface area contributed by atoms with Crippen LogP contribution in [0.25, 0.3) is 11.0 Å². The molecule has 1 aliphatic rings. The Bertz CT molecular complexity index is 933. The summed E-state index contributed by atoms with van der Waals surface area (Å²) in [7, 11) is 3.02. The Morgan fingerprint density at radius 3 is 2.69 bits per heavy atom. The molecule has 1 amide bonds. The van der Waals surface area contributed by atoms with Crippen LogP contribution in [-0.2, 0) is 4.74 Å². The minimum Gasteiger partial charge on any atom is -0.452 e. The lowest BCUT2D eigenvalue weighted by Gasteiger charge is -2.16. The van der Waals surface area contributed by atoms with Gasteiger partial charge in [0.2, 0.25) is 5.95 Å². The predicted octanol–water partition coefficient (Wildman–Crippen LogP) is 3.48. The van der Waals surface area contributed by atoms with E-state index >= 15 is 0 Å². The lowest BCUT2D eigenvalue weighted by atomic mass is 10.2. The van der Waals surface area contributed by atoms with Crippen molar-refractivity contribution in [2.45, 2.75) is 18.9 Å². The maximum atomic E-state index is 11.6. The van der Waals surface area contributed by atoms with E-state index in [-0.39, 0.29) is 0 Å². The number of hydrogen-bond donors (Lipinski definition) is 3. The Hall–Kier alpha value is -3.29. The number of hydrogen-bond acceptors (Lipinski definition) is 6. The van der Waals surface area contributed by atoms with Crippen molar-refractivity contribution in [3.63, 3.8) is 0 Å². The summed E-state index contributed by atoms with van der Waals surface area (Å²) in [5, 5.41) is 7.64. The minimum absolute atomic E-state index is 0.415. The number of aromatic amines is 1. The molecule has 0 aliphatic heterocycles. The first-order valence-electron chi connectivity index (χ1n) is 8.44. The summed E-state index contributed by atoms with van der Waals surface area (Å²) in [5.74, 6) is 1.35. The molecule has 1 aromatic carbocycles. The first-order valence-corrected chi connectivity index (χ1v) is 8.44. The quantitative estimate of drug-likeness (QED) is 0.651. The van der Waals surface area contributed by atoms with E-state index < -0.39 is 6.09 Å². The van der Waals surface area contributed by atoms with Gasteiger partial charge in [0.05, 0.1) is 12.5 Å². The molecular formula is C18H20N6O2. The summed E-state index contributed by atoms with van der Waals surface area (Å²) in [6.45, 7) is 0. The molecule has 1 saturated carbocycles. The van der Waals surface area contributed by atoms with Gasteiger partial charge in [-0.15, -0.1) is 0 Å². The normalized spacial score (nSPS) is 13.5. The molecule has 2 heterocycles. The SMILES string of the molecule is COC(=O)N(C)c1ccc(Nc2nc(NC3CC3)c3cc[nH]c3n2)cc1. The molecule has 0 unspecified atom stereocenters. The summed E-state index contributed by atoms with van der Waals surface area (Å²) in [4.78, 5) is 25.3. The third kappa shape index (κ3) is 3.26. The minimum atomic E-state index is -0.415. The Morgan fingerprint density at radius 1 is 1.23 bits per heavy atom. The zero-order chi connectivity index (χ0) is 18.1. The molecule has 1 fully saturated rings. The van der Waals surface area contributed by atoms with Crippen molar-refractivity contribution in [1.29, 1.82) is 0 Å². The van der Waals surface area contributed by atoms with Crippen molar-refractivity contribution >= 4 is 40.3 Å². The number of carbonyl (C=O) groups excluding carboxylic acids is 1. The van der Waals surface area contributed by atoms with E-state index in [2.05, 4.69) is 25.6 Å². The van der Waals surface area contributed by atoms with E-state index in [1.54, 1.807) is 7.05 Å². The maximum Gasteiger partial charge on any atom is 0.413 e. The number of benzene rings is 1. The number of amides is 1. The molecule has 1 aliphatic carbocycles. The molecule has 3 aromatic rings. The number of rotatable bonds is 5. The molecule has 8 heteroatoms. The monoisotopic (exact) mass is 352 g/mol. The number of H-pyrrole nitrogens is 1. The highest BCUT2D eigenvalue weighted by molar-refractivity contribution is 5.89. The molecule has 26 heavy (non-hydrogen) atoms. The molecule has 8 nitrogen and oxygen atoms in total. The van der Waals surface area contributed by atoms with Crippen molar-refractivity contribution in [2.24, 2.45) is 0 Å². The van der Waals surface area contributed by atoms with Crippen LogP contribution in [-0.4, -0.2) is 41.2 Å². The van der Waals surface area contributed by atoms with E-state index in [0.717, 1.165) is 28.2 Å². The number of fused-ring (bicyclic) bond motifs is 1. The molecule has 4 rings (SSSR count). The van der Waals surface area contributed by atoms with Crippen LogP contribution >= 0.6 is 0 Å². The van der Waals surface area contributed by atoms with Crippen LogP contribution in [0.1, 0.15) is 12.8 Å². The van der Waals surface area contributed by atoms with Gasteiger partial charge in [-0.3, -0.25) is 4.90 Å². The van der Waals surface area contributed by atoms with Gasteiger partial charge in [-0.1, -0.05) is 0 Å². The van der Waals surface area contributed by atoms with E-state index in [1.807, 2.05) is 36.5 Å². The van der Waals surface area contributed by atoms with Crippen LogP contribution in [0.4, 0.5) is 27.9 Å². The van der Waals surface area contributed by atoms with E-state index in [1.165, 1.54) is 24.9 Å². The zero-order valence-electron chi connectivity index (χ0n) is 14.6. The number of ether oxygens (including phenoxy) is 1. The molecule has 3 N–H and O–H groups in total. The van der Waals surface area contributed by atoms with Gasteiger partial charge >= 0.3 is 6.09 Å². The number of nitrogens with zero attached hydrogens (tertiary/aromatic N) is 3. The lowest BCUT2D eigenvalue weighted by Crippen LogP contribution is -2.25. The number of nitrogens with one attached hydrogen (secondary N) is 3. The van der Waals surface area contributed by atoms with Crippen molar-refractivity contribution in [2.75, 3.05) is 29.7 Å². The van der Waals surface area contributed by atoms with Gasteiger partial charge < -0.3 is 20.4 Å². The lowest BCUT2D eigenvalue weighted by molar-refractivity contribution is 0.180. The van der Waals surface area contributed by atoms with Gasteiger partial charge in [0.1, 0.15) is 11.5 Å².